The van der Waals surface area contributed by atoms with Crippen molar-refractivity contribution in [1.82, 2.24) is 15.3 Å². The second kappa shape index (κ2) is 8.75. The van der Waals surface area contributed by atoms with E-state index in [4.69, 9.17) is 18.6 Å². The number of carbonyl (C=O) groups excluding carboxylic acids is 1. The van der Waals surface area contributed by atoms with Crippen LogP contribution in [0.15, 0.2) is 65.4 Å². The number of nitrogens with zero attached hydrogens (tertiary/aromatic N) is 2. The number of alkyl carbamates (subject to hydrolysis) is 1. The molecular formula is C22H22N4O5. The van der Waals surface area contributed by atoms with E-state index in [9.17, 15) is 4.79 Å². The van der Waals surface area contributed by atoms with E-state index in [-0.39, 0.29) is 24.9 Å². The van der Waals surface area contributed by atoms with Gasteiger partial charge in [0, 0.05) is 12.7 Å². The second-order valence-corrected chi connectivity index (χ2v) is 7.37. The third kappa shape index (κ3) is 4.37. The molecule has 2 saturated heterocycles. The molecule has 9 nitrogen and oxygen atoms in total. The van der Waals surface area contributed by atoms with Gasteiger partial charge in [-0.1, -0.05) is 30.3 Å². The van der Waals surface area contributed by atoms with Gasteiger partial charge < -0.3 is 29.3 Å². The fourth-order valence-electron chi connectivity index (χ4n) is 3.79. The first-order valence-corrected chi connectivity index (χ1v) is 10.1. The highest BCUT2D eigenvalue weighted by Gasteiger charge is 2.49. The Bertz CT molecular complexity index is 1010. The van der Waals surface area contributed by atoms with Crippen molar-refractivity contribution in [2.24, 2.45) is 0 Å². The quantitative estimate of drug-likeness (QED) is 0.624. The van der Waals surface area contributed by atoms with Crippen LogP contribution in [0.2, 0.25) is 0 Å². The van der Waals surface area contributed by atoms with E-state index in [1.807, 2.05) is 42.5 Å². The number of anilines is 1. The molecule has 9 heteroatoms. The predicted molar refractivity (Wildman–Crippen MR) is 110 cm³/mol. The molecule has 2 aromatic heterocycles. The summed E-state index contributed by atoms with van der Waals surface area (Å²) in [6.07, 6.45) is 1.70. The van der Waals surface area contributed by atoms with Gasteiger partial charge in [-0.15, -0.1) is 0 Å². The number of aromatic nitrogens is 2. The van der Waals surface area contributed by atoms with E-state index in [1.165, 1.54) is 0 Å². The second-order valence-electron chi connectivity index (χ2n) is 7.37. The standard InChI is InChI=1S/C22H22N4O5/c27-22(24-11-14-5-2-1-3-6-14)31-18-13-30-19-16(12-29-20(18)19)26-21-23-9-8-15(25-21)17-7-4-10-28-17/h1-10,16,18-20H,11-13H2,(H,24,27)(H,23,25,26)/t16-,18+,19+,20+/m0/s1. The van der Waals surface area contributed by atoms with Crippen LogP contribution in [0.5, 0.6) is 0 Å². The van der Waals surface area contributed by atoms with Gasteiger partial charge in [-0.25, -0.2) is 14.8 Å². The molecule has 160 valence electrons. The zero-order valence-electron chi connectivity index (χ0n) is 16.6. The average Bonchev–Trinajstić information content (AvgIpc) is 3.54. The van der Waals surface area contributed by atoms with E-state index in [1.54, 1.807) is 18.5 Å². The Kier molecular flexibility index (Phi) is 5.51. The van der Waals surface area contributed by atoms with Gasteiger partial charge in [0.2, 0.25) is 5.95 Å². The van der Waals surface area contributed by atoms with Crippen LogP contribution in [-0.2, 0) is 20.8 Å². The van der Waals surface area contributed by atoms with Crippen LogP contribution >= 0.6 is 0 Å². The van der Waals surface area contributed by atoms with Crippen LogP contribution < -0.4 is 10.6 Å². The fourth-order valence-corrected chi connectivity index (χ4v) is 3.79. The zero-order chi connectivity index (χ0) is 21.0. The van der Waals surface area contributed by atoms with E-state index in [0.717, 1.165) is 5.56 Å². The number of carbonyl (C=O) groups is 1. The summed E-state index contributed by atoms with van der Waals surface area (Å²) in [7, 11) is 0. The Morgan fingerprint density at radius 1 is 1.06 bits per heavy atom. The van der Waals surface area contributed by atoms with Gasteiger partial charge in [-0.3, -0.25) is 0 Å². The maximum Gasteiger partial charge on any atom is 0.407 e. The summed E-state index contributed by atoms with van der Waals surface area (Å²) in [5, 5.41) is 6.02. The highest BCUT2D eigenvalue weighted by molar-refractivity contribution is 5.67. The fraction of sp³-hybridized carbons (Fsp3) is 0.318. The highest BCUT2D eigenvalue weighted by atomic mass is 16.6. The molecule has 1 aromatic carbocycles. The zero-order valence-corrected chi connectivity index (χ0v) is 16.6. The largest absolute Gasteiger partial charge is 0.463 e. The Morgan fingerprint density at radius 3 is 2.77 bits per heavy atom. The molecule has 0 bridgehead atoms. The van der Waals surface area contributed by atoms with E-state index < -0.39 is 12.2 Å². The van der Waals surface area contributed by atoms with E-state index in [0.29, 0.717) is 30.6 Å². The number of benzene rings is 1. The first-order valence-electron chi connectivity index (χ1n) is 10.1. The first-order chi connectivity index (χ1) is 15.3. The summed E-state index contributed by atoms with van der Waals surface area (Å²) in [5.74, 6) is 1.12. The molecule has 2 aliphatic rings. The van der Waals surface area contributed by atoms with E-state index >= 15 is 0 Å². The number of hydrogen-bond donors (Lipinski definition) is 2. The number of hydrogen-bond acceptors (Lipinski definition) is 8. The minimum Gasteiger partial charge on any atom is -0.463 e. The van der Waals surface area contributed by atoms with Crippen molar-refractivity contribution in [3.05, 3.63) is 66.6 Å². The van der Waals surface area contributed by atoms with Crippen LogP contribution in [-0.4, -0.2) is 53.6 Å². The molecule has 2 aliphatic heterocycles. The van der Waals surface area contributed by atoms with Crippen molar-refractivity contribution in [1.29, 1.82) is 0 Å². The lowest BCUT2D eigenvalue weighted by Crippen LogP contribution is -2.39. The third-order valence-corrected chi connectivity index (χ3v) is 5.29. The maximum atomic E-state index is 12.2. The van der Waals surface area contributed by atoms with Gasteiger partial charge in [0.1, 0.15) is 17.9 Å². The minimum absolute atomic E-state index is 0.155. The van der Waals surface area contributed by atoms with Gasteiger partial charge in [-0.05, 0) is 23.8 Å². The summed E-state index contributed by atoms with van der Waals surface area (Å²) in [4.78, 5) is 21.0. The van der Waals surface area contributed by atoms with Crippen molar-refractivity contribution in [2.45, 2.75) is 30.9 Å². The number of ether oxygens (including phenoxy) is 3. The smallest absolute Gasteiger partial charge is 0.407 e. The number of nitrogens with one attached hydrogen (secondary N) is 2. The molecule has 2 fully saturated rings. The van der Waals surface area contributed by atoms with Crippen LogP contribution in [0.25, 0.3) is 11.5 Å². The molecule has 0 unspecified atom stereocenters. The molecule has 3 aromatic rings. The lowest BCUT2D eigenvalue weighted by atomic mass is 10.1. The molecule has 0 spiro atoms. The van der Waals surface area contributed by atoms with Gasteiger partial charge in [0.05, 0.1) is 25.5 Å². The Hall–Kier alpha value is -3.43. The third-order valence-electron chi connectivity index (χ3n) is 5.29. The van der Waals surface area contributed by atoms with Crippen molar-refractivity contribution in [3.63, 3.8) is 0 Å². The first kappa shape index (κ1) is 19.5. The van der Waals surface area contributed by atoms with Crippen molar-refractivity contribution >= 4 is 12.0 Å². The predicted octanol–water partition coefficient (Wildman–Crippen LogP) is 2.61. The topological polar surface area (TPSA) is 108 Å². The molecule has 0 aliphatic carbocycles. The Morgan fingerprint density at radius 2 is 1.94 bits per heavy atom. The molecule has 4 heterocycles. The monoisotopic (exact) mass is 422 g/mol. The minimum atomic E-state index is -0.493. The summed E-state index contributed by atoms with van der Waals surface area (Å²) < 4.78 is 22.7. The highest BCUT2D eigenvalue weighted by Crippen LogP contribution is 2.30. The molecule has 31 heavy (non-hydrogen) atoms. The summed E-state index contributed by atoms with van der Waals surface area (Å²) in [6, 6.07) is 14.9. The number of furan rings is 1. The van der Waals surface area contributed by atoms with Gasteiger partial charge in [0.25, 0.3) is 0 Å². The summed E-state index contributed by atoms with van der Waals surface area (Å²) >= 11 is 0. The Labute approximate surface area is 178 Å². The van der Waals surface area contributed by atoms with Crippen LogP contribution in [0, 0.1) is 0 Å². The lowest BCUT2D eigenvalue weighted by Gasteiger charge is -2.18. The van der Waals surface area contributed by atoms with Crippen LogP contribution in [0.4, 0.5) is 10.7 Å². The SMILES string of the molecule is O=C(NCc1ccccc1)O[C@@H]1CO[C@H]2[C@@H]1OC[C@@H]2Nc1nccc(-c2ccco2)n1. The van der Waals surface area contributed by atoms with Crippen molar-refractivity contribution < 1.29 is 23.4 Å². The van der Waals surface area contributed by atoms with Crippen molar-refractivity contribution in [3.8, 4) is 11.5 Å². The molecule has 2 N–H and O–H groups in total. The normalized spacial score (nSPS) is 24.5. The van der Waals surface area contributed by atoms with Gasteiger partial charge in [-0.2, -0.15) is 0 Å². The number of amides is 1. The molecular weight excluding hydrogens is 400 g/mol. The molecule has 1 amide bonds. The average molecular weight is 422 g/mol. The van der Waals surface area contributed by atoms with Crippen LogP contribution in [0.3, 0.4) is 0 Å². The van der Waals surface area contributed by atoms with Gasteiger partial charge >= 0.3 is 6.09 Å². The molecule has 5 rings (SSSR count). The lowest BCUT2D eigenvalue weighted by molar-refractivity contribution is 0.00431. The molecule has 4 atom stereocenters. The summed E-state index contributed by atoms with van der Waals surface area (Å²) in [5.41, 5.74) is 1.68. The van der Waals surface area contributed by atoms with Crippen molar-refractivity contribution in [2.75, 3.05) is 18.5 Å². The maximum absolute atomic E-state index is 12.2. The molecule has 0 saturated carbocycles. The number of rotatable bonds is 6. The molecule has 0 radical (unpaired) electrons. The van der Waals surface area contributed by atoms with E-state index in [2.05, 4.69) is 20.6 Å². The summed E-state index contributed by atoms with van der Waals surface area (Å²) in [6.45, 7) is 1.07. The van der Waals surface area contributed by atoms with Gasteiger partial charge in [0.15, 0.2) is 11.9 Å². The van der Waals surface area contributed by atoms with Crippen LogP contribution in [0.1, 0.15) is 5.56 Å². The number of fused-ring (bicyclic) bond motifs is 1. The Balaban J connectivity index is 1.16.